The molecule has 0 saturated heterocycles. The maximum absolute atomic E-state index is 11.6. The molecule has 0 saturated carbocycles. The predicted molar refractivity (Wildman–Crippen MR) is 70.0 cm³/mol. The van der Waals surface area contributed by atoms with Gasteiger partial charge in [0.2, 0.25) is 10.0 Å². The summed E-state index contributed by atoms with van der Waals surface area (Å²) in [6.07, 6.45) is 2.99. The molecule has 1 aromatic rings. The van der Waals surface area contributed by atoms with Gasteiger partial charge in [0.15, 0.2) is 0 Å². The zero-order valence-corrected chi connectivity index (χ0v) is 12.0. The van der Waals surface area contributed by atoms with Crippen LogP contribution in [0.1, 0.15) is 31.1 Å². The number of carbonyl (C=O) groups is 1. The summed E-state index contributed by atoms with van der Waals surface area (Å²) in [5, 5.41) is 0. The molecule has 0 amide bonds. The first-order valence-electron chi connectivity index (χ1n) is 6.07. The van der Waals surface area contributed by atoms with Crippen molar-refractivity contribution in [3.05, 3.63) is 23.7 Å². The van der Waals surface area contributed by atoms with Crippen LogP contribution >= 0.6 is 0 Å². The van der Waals surface area contributed by atoms with Crippen molar-refractivity contribution in [1.82, 2.24) is 4.72 Å². The van der Waals surface area contributed by atoms with E-state index in [2.05, 4.69) is 9.46 Å². The molecule has 7 heteroatoms. The first-order chi connectivity index (χ1) is 8.96. The molecule has 0 fully saturated rings. The summed E-state index contributed by atoms with van der Waals surface area (Å²) in [6.45, 7) is 2.02. The smallest absolute Gasteiger partial charge is 0.310 e. The third-order valence-corrected chi connectivity index (χ3v) is 3.93. The molecular formula is C12H19NO5S. The SMILES string of the molecule is CCCCS(=O)(=O)NCc1cc(CC(=O)OC)co1. The van der Waals surface area contributed by atoms with Crippen LogP contribution in [0.4, 0.5) is 0 Å². The minimum Gasteiger partial charge on any atom is -0.469 e. The van der Waals surface area contributed by atoms with Gasteiger partial charge in [-0.1, -0.05) is 13.3 Å². The molecule has 1 N–H and O–H groups in total. The van der Waals surface area contributed by atoms with E-state index in [0.29, 0.717) is 17.7 Å². The molecule has 0 spiro atoms. The Morgan fingerprint density at radius 2 is 2.21 bits per heavy atom. The van der Waals surface area contributed by atoms with E-state index < -0.39 is 10.0 Å². The van der Waals surface area contributed by atoms with Crippen LogP contribution in [0.25, 0.3) is 0 Å². The molecule has 0 radical (unpaired) electrons. The fourth-order valence-corrected chi connectivity index (χ4v) is 2.61. The second-order valence-electron chi connectivity index (χ2n) is 4.17. The molecule has 1 rings (SSSR count). The molecule has 0 aromatic carbocycles. The van der Waals surface area contributed by atoms with Gasteiger partial charge in [0.25, 0.3) is 0 Å². The molecule has 6 nitrogen and oxygen atoms in total. The van der Waals surface area contributed by atoms with E-state index in [4.69, 9.17) is 4.42 Å². The van der Waals surface area contributed by atoms with Crippen molar-refractivity contribution in [3.63, 3.8) is 0 Å². The van der Waals surface area contributed by atoms with Crippen LogP contribution in [-0.2, 0) is 32.5 Å². The van der Waals surface area contributed by atoms with Crippen molar-refractivity contribution in [2.24, 2.45) is 0 Å². The summed E-state index contributed by atoms with van der Waals surface area (Å²) >= 11 is 0. The van der Waals surface area contributed by atoms with Crippen LogP contribution in [0.2, 0.25) is 0 Å². The highest BCUT2D eigenvalue weighted by Crippen LogP contribution is 2.09. The standard InChI is InChI=1S/C12H19NO5S/c1-3-4-5-19(15,16)13-8-11-6-10(9-18-11)7-12(14)17-2/h6,9,13H,3-5,7-8H2,1-2H3. The Morgan fingerprint density at radius 1 is 1.47 bits per heavy atom. The lowest BCUT2D eigenvalue weighted by Crippen LogP contribution is -2.25. The summed E-state index contributed by atoms with van der Waals surface area (Å²) in [7, 11) is -1.95. The van der Waals surface area contributed by atoms with Crippen molar-refractivity contribution in [2.45, 2.75) is 32.7 Å². The highest BCUT2D eigenvalue weighted by Gasteiger charge is 2.12. The van der Waals surface area contributed by atoms with E-state index in [1.54, 1.807) is 6.07 Å². The Labute approximate surface area is 113 Å². The summed E-state index contributed by atoms with van der Waals surface area (Å²) in [6, 6.07) is 1.64. The lowest BCUT2D eigenvalue weighted by atomic mass is 10.2. The van der Waals surface area contributed by atoms with Crippen molar-refractivity contribution in [2.75, 3.05) is 12.9 Å². The Kier molecular flexibility index (Phi) is 6.04. The number of unbranched alkanes of at least 4 members (excludes halogenated alkanes) is 1. The van der Waals surface area contributed by atoms with Gasteiger partial charge in [-0.15, -0.1) is 0 Å². The number of ether oxygens (including phenoxy) is 1. The lowest BCUT2D eigenvalue weighted by molar-refractivity contribution is -0.139. The zero-order valence-electron chi connectivity index (χ0n) is 11.1. The van der Waals surface area contributed by atoms with Crippen LogP contribution in [0.5, 0.6) is 0 Å². The van der Waals surface area contributed by atoms with E-state index in [1.165, 1.54) is 13.4 Å². The molecule has 0 bridgehead atoms. The van der Waals surface area contributed by atoms with Gasteiger partial charge < -0.3 is 9.15 Å². The minimum atomic E-state index is -3.26. The molecule has 108 valence electrons. The lowest BCUT2D eigenvalue weighted by Gasteiger charge is -2.03. The van der Waals surface area contributed by atoms with Crippen LogP contribution in [0, 0.1) is 0 Å². The maximum atomic E-state index is 11.6. The van der Waals surface area contributed by atoms with Crippen LogP contribution in [0.15, 0.2) is 16.7 Å². The van der Waals surface area contributed by atoms with Crippen molar-refractivity contribution >= 4 is 16.0 Å². The second-order valence-corrected chi connectivity index (χ2v) is 6.09. The Morgan fingerprint density at radius 3 is 2.84 bits per heavy atom. The molecule has 0 atom stereocenters. The zero-order chi connectivity index (χ0) is 14.3. The Hall–Kier alpha value is -1.34. The van der Waals surface area contributed by atoms with E-state index in [9.17, 15) is 13.2 Å². The summed E-state index contributed by atoms with van der Waals surface area (Å²) in [5.74, 6) is 0.217. The molecular weight excluding hydrogens is 270 g/mol. The normalized spacial score (nSPS) is 11.5. The quantitative estimate of drug-likeness (QED) is 0.727. The maximum Gasteiger partial charge on any atom is 0.310 e. The van der Waals surface area contributed by atoms with Crippen LogP contribution in [-0.4, -0.2) is 27.2 Å². The largest absolute Gasteiger partial charge is 0.469 e. The first kappa shape index (κ1) is 15.7. The van der Waals surface area contributed by atoms with Crippen molar-refractivity contribution in [3.8, 4) is 0 Å². The Bertz CT molecular complexity index is 506. The van der Waals surface area contributed by atoms with Gasteiger partial charge in [-0.2, -0.15) is 0 Å². The second kappa shape index (κ2) is 7.30. The molecule has 0 aliphatic heterocycles. The fourth-order valence-electron chi connectivity index (χ4n) is 1.44. The molecule has 0 aliphatic rings. The predicted octanol–water partition coefficient (Wildman–Crippen LogP) is 1.21. The minimum absolute atomic E-state index is 0.0905. The molecule has 19 heavy (non-hydrogen) atoms. The number of esters is 1. The number of hydrogen-bond acceptors (Lipinski definition) is 5. The number of rotatable bonds is 8. The van der Waals surface area contributed by atoms with Gasteiger partial charge in [-0.3, -0.25) is 4.79 Å². The third kappa shape index (κ3) is 5.89. The van der Waals surface area contributed by atoms with Crippen molar-refractivity contribution < 1.29 is 22.4 Å². The van der Waals surface area contributed by atoms with Gasteiger partial charge in [0.1, 0.15) is 5.76 Å². The molecule has 0 unspecified atom stereocenters. The van der Waals surface area contributed by atoms with E-state index >= 15 is 0 Å². The van der Waals surface area contributed by atoms with Gasteiger partial charge in [-0.25, -0.2) is 13.1 Å². The number of methoxy groups -OCH3 is 1. The number of hydrogen-bond donors (Lipinski definition) is 1. The molecule has 1 heterocycles. The number of carbonyl (C=O) groups excluding carboxylic acids is 1. The topological polar surface area (TPSA) is 85.6 Å². The summed E-state index contributed by atoms with van der Waals surface area (Å²) in [4.78, 5) is 11.1. The van der Waals surface area contributed by atoms with E-state index in [1.807, 2.05) is 6.92 Å². The monoisotopic (exact) mass is 289 g/mol. The van der Waals surface area contributed by atoms with Crippen molar-refractivity contribution in [1.29, 1.82) is 0 Å². The number of furan rings is 1. The number of sulfonamides is 1. The van der Waals surface area contributed by atoms with Gasteiger partial charge in [0.05, 0.1) is 32.1 Å². The van der Waals surface area contributed by atoms with Gasteiger partial charge in [-0.05, 0) is 12.5 Å². The summed E-state index contributed by atoms with van der Waals surface area (Å²) < 4.78 is 35.3. The third-order valence-electron chi connectivity index (χ3n) is 2.52. The van der Waals surface area contributed by atoms with E-state index in [0.717, 1.165) is 6.42 Å². The van der Waals surface area contributed by atoms with Gasteiger partial charge >= 0.3 is 5.97 Å². The highest BCUT2D eigenvalue weighted by molar-refractivity contribution is 7.89. The molecule has 0 aliphatic carbocycles. The fraction of sp³-hybridized carbons (Fsp3) is 0.583. The van der Waals surface area contributed by atoms with E-state index in [-0.39, 0.29) is 24.7 Å². The summed E-state index contributed by atoms with van der Waals surface area (Å²) in [5.41, 5.74) is 0.662. The highest BCUT2D eigenvalue weighted by atomic mass is 32.2. The Balaban J connectivity index is 2.48. The van der Waals surface area contributed by atoms with Crippen LogP contribution in [0.3, 0.4) is 0 Å². The average Bonchev–Trinajstić information content (AvgIpc) is 2.82. The van der Waals surface area contributed by atoms with Gasteiger partial charge in [0, 0.05) is 5.56 Å². The number of nitrogens with one attached hydrogen (secondary N) is 1. The van der Waals surface area contributed by atoms with Crippen LogP contribution < -0.4 is 4.72 Å². The average molecular weight is 289 g/mol. The first-order valence-corrected chi connectivity index (χ1v) is 7.72. The molecule has 1 aromatic heterocycles.